The van der Waals surface area contributed by atoms with Crippen LogP contribution in [0.15, 0.2) is 47.4 Å². The molecule has 0 aliphatic rings. The van der Waals surface area contributed by atoms with Crippen LogP contribution < -0.4 is 5.32 Å². The predicted octanol–water partition coefficient (Wildman–Crippen LogP) is 2.87. The van der Waals surface area contributed by atoms with Gasteiger partial charge in [0, 0.05) is 11.9 Å². The fraction of sp³-hybridized carbons (Fsp3) is 0.0667. The highest BCUT2D eigenvalue weighted by molar-refractivity contribution is 7.90. The Hall–Kier alpha value is -2.36. The Labute approximate surface area is 133 Å². The summed E-state index contributed by atoms with van der Waals surface area (Å²) in [5, 5.41) is 11.6. The number of hydrogen-bond donors (Lipinski definition) is 1. The number of halogens is 1. The lowest BCUT2D eigenvalue weighted by molar-refractivity contribution is 0.102. The lowest BCUT2D eigenvalue weighted by atomic mass is 10.2. The molecule has 2 aromatic rings. The van der Waals surface area contributed by atoms with E-state index >= 15 is 0 Å². The topological polar surface area (TPSA) is 87.0 Å². The van der Waals surface area contributed by atoms with Crippen LogP contribution in [0.25, 0.3) is 0 Å². The fourth-order valence-corrected chi connectivity index (χ4v) is 2.97. The van der Waals surface area contributed by atoms with E-state index in [2.05, 4.69) is 5.32 Å². The average molecular weight is 335 g/mol. The molecule has 0 aromatic heterocycles. The quantitative estimate of drug-likeness (QED) is 0.934. The zero-order valence-corrected chi connectivity index (χ0v) is 13.1. The molecule has 2 aromatic carbocycles. The summed E-state index contributed by atoms with van der Waals surface area (Å²) in [6.45, 7) is 0. The maximum Gasteiger partial charge on any atom is 0.256 e. The maximum atomic E-state index is 12.3. The smallest absolute Gasteiger partial charge is 0.256 e. The van der Waals surface area contributed by atoms with Gasteiger partial charge < -0.3 is 5.32 Å². The highest BCUT2D eigenvalue weighted by Crippen LogP contribution is 2.22. The van der Waals surface area contributed by atoms with Crippen LogP contribution in [0.5, 0.6) is 0 Å². The SMILES string of the molecule is CS(=O)(=O)c1ccccc1C(=O)Nc1ccc(C#N)c(Cl)c1. The third kappa shape index (κ3) is 3.45. The summed E-state index contributed by atoms with van der Waals surface area (Å²) < 4.78 is 23.4. The van der Waals surface area contributed by atoms with E-state index in [9.17, 15) is 13.2 Å². The first-order valence-corrected chi connectivity index (χ1v) is 8.40. The van der Waals surface area contributed by atoms with Gasteiger partial charge in [-0.15, -0.1) is 0 Å². The molecule has 0 heterocycles. The van der Waals surface area contributed by atoms with Crippen molar-refractivity contribution in [2.75, 3.05) is 11.6 Å². The molecular formula is C15H11ClN2O3S. The van der Waals surface area contributed by atoms with Crippen LogP contribution in [-0.2, 0) is 9.84 Å². The van der Waals surface area contributed by atoms with Gasteiger partial charge in [-0.25, -0.2) is 8.42 Å². The first kappa shape index (κ1) is 16.0. The summed E-state index contributed by atoms with van der Waals surface area (Å²) in [4.78, 5) is 12.2. The van der Waals surface area contributed by atoms with Crippen LogP contribution >= 0.6 is 11.6 Å². The second-order valence-corrected chi connectivity index (χ2v) is 6.92. The number of nitrogens with zero attached hydrogens (tertiary/aromatic N) is 1. The van der Waals surface area contributed by atoms with E-state index in [0.717, 1.165) is 6.26 Å². The Morgan fingerprint density at radius 1 is 1.23 bits per heavy atom. The van der Waals surface area contributed by atoms with Crippen molar-refractivity contribution in [2.45, 2.75) is 4.90 Å². The van der Waals surface area contributed by atoms with E-state index in [0.29, 0.717) is 5.69 Å². The predicted molar refractivity (Wildman–Crippen MR) is 83.7 cm³/mol. The molecule has 0 atom stereocenters. The van der Waals surface area contributed by atoms with Gasteiger partial charge in [0.15, 0.2) is 9.84 Å². The molecule has 0 aliphatic carbocycles. The average Bonchev–Trinajstić information content (AvgIpc) is 2.46. The van der Waals surface area contributed by atoms with Gasteiger partial charge in [0.05, 0.1) is 21.0 Å². The number of sulfone groups is 1. The molecule has 1 amide bonds. The number of benzene rings is 2. The van der Waals surface area contributed by atoms with Crippen LogP contribution in [0.1, 0.15) is 15.9 Å². The van der Waals surface area contributed by atoms with Gasteiger partial charge >= 0.3 is 0 Å². The van der Waals surface area contributed by atoms with E-state index in [-0.39, 0.29) is 21.0 Å². The Bertz CT molecular complexity index is 886. The fourth-order valence-electron chi connectivity index (χ4n) is 1.86. The number of hydrogen-bond acceptors (Lipinski definition) is 4. The summed E-state index contributed by atoms with van der Waals surface area (Å²) in [6, 6.07) is 12.3. The van der Waals surface area contributed by atoms with Gasteiger partial charge in [-0.3, -0.25) is 4.79 Å². The van der Waals surface area contributed by atoms with E-state index in [1.807, 2.05) is 6.07 Å². The minimum atomic E-state index is -3.52. The number of anilines is 1. The molecular weight excluding hydrogens is 324 g/mol. The molecule has 0 unspecified atom stereocenters. The molecule has 0 saturated heterocycles. The zero-order chi connectivity index (χ0) is 16.3. The largest absolute Gasteiger partial charge is 0.322 e. The number of carbonyl (C=O) groups is 1. The van der Waals surface area contributed by atoms with Crippen molar-refractivity contribution in [2.24, 2.45) is 0 Å². The van der Waals surface area contributed by atoms with E-state index in [1.165, 1.54) is 30.3 Å². The van der Waals surface area contributed by atoms with Gasteiger partial charge in [0.1, 0.15) is 6.07 Å². The van der Waals surface area contributed by atoms with Crippen LogP contribution in [0.2, 0.25) is 5.02 Å². The number of nitrogens with one attached hydrogen (secondary N) is 1. The summed E-state index contributed by atoms with van der Waals surface area (Å²) in [5.41, 5.74) is 0.707. The molecule has 0 radical (unpaired) electrons. The Balaban J connectivity index is 2.35. The molecule has 0 bridgehead atoms. The van der Waals surface area contributed by atoms with Crippen molar-refractivity contribution < 1.29 is 13.2 Å². The molecule has 7 heteroatoms. The van der Waals surface area contributed by atoms with Gasteiger partial charge in [0.25, 0.3) is 5.91 Å². The summed E-state index contributed by atoms with van der Waals surface area (Å²) in [6.07, 6.45) is 1.04. The summed E-state index contributed by atoms with van der Waals surface area (Å²) in [5.74, 6) is -0.568. The molecule has 22 heavy (non-hydrogen) atoms. The van der Waals surface area contributed by atoms with Crippen LogP contribution in [-0.4, -0.2) is 20.6 Å². The molecule has 5 nitrogen and oxygen atoms in total. The molecule has 0 aliphatic heterocycles. The van der Waals surface area contributed by atoms with Crippen molar-refractivity contribution in [3.63, 3.8) is 0 Å². The first-order valence-electron chi connectivity index (χ1n) is 6.13. The van der Waals surface area contributed by atoms with Crippen LogP contribution in [0.3, 0.4) is 0 Å². The van der Waals surface area contributed by atoms with Crippen molar-refractivity contribution in [3.05, 3.63) is 58.6 Å². The third-order valence-electron chi connectivity index (χ3n) is 2.88. The van der Waals surface area contributed by atoms with Crippen molar-refractivity contribution in [3.8, 4) is 6.07 Å². The van der Waals surface area contributed by atoms with E-state index in [4.69, 9.17) is 16.9 Å². The lowest BCUT2D eigenvalue weighted by Crippen LogP contribution is -2.16. The monoisotopic (exact) mass is 334 g/mol. The zero-order valence-electron chi connectivity index (χ0n) is 11.5. The maximum absolute atomic E-state index is 12.3. The number of rotatable bonds is 3. The Kier molecular flexibility index (Phi) is 4.50. The minimum absolute atomic E-state index is 0.0467. The molecule has 0 fully saturated rings. The van der Waals surface area contributed by atoms with E-state index in [1.54, 1.807) is 12.1 Å². The normalized spacial score (nSPS) is 10.8. The van der Waals surface area contributed by atoms with Crippen LogP contribution in [0, 0.1) is 11.3 Å². The number of amides is 1. The Morgan fingerprint density at radius 2 is 1.91 bits per heavy atom. The Morgan fingerprint density at radius 3 is 2.50 bits per heavy atom. The molecule has 0 spiro atoms. The second kappa shape index (κ2) is 6.18. The molecule has 0 saturated carbocycles. The van der Waals surface area contributed by atoms with Crippen molar-refractivity contribution in [1.29, 1.82) is 5.26 Å². The molecule has 1 N–H and O–H groups in total. The summed E-state index contributed by atoms with van der Waals surface area (Å²) >= 11 is 5.89. The van der Waals surface area contributed by atoms with Gasteiger partial charge in [-0.05, 0) is 30.3 Å². The van der Waals surface area contributed by atoms with Gasteiger partial charge in [-0.1, -0.05) is 23.7 Å². The standard InChI is InChI=1S/C15H11ClN2O3S/c1-22(20,21)14-5-3-2-4-12(14)15(19)18-11-7-6-10(9-17)13(16)8-11/h2-8H,1H3,(H,18,19). The van der Waals surface area contributed by atoms with Gasteiger partial charge in [0.2, 0.25) is 0 Å². The number of nitriles is 1. The van der Waals surface area contributed by atoms with E-state index < -0.39 is 15.7 Å². The van der Waals surface area contributed by atoms with Crippen molar-refractivity contribution >= 4 is 33.0 Å². The third-order valence-corrected chi connectivity index (χ3v) is 4.35. The minimum Gasteiger partial charge on any atom is -0.322 e. The first-order chi connectivity index (χ1) is 10.3. The summed E-state index contributed by atoms with van der Waals surface area (Å²) in [7, 11) is -3.52. The molecule has 112 valence electrons. The van der Waals surface area contributed by atoms with Crippen molar-refractivity contribution in [1.82, 2.24) is 0 Å². The van der Waals surface area contributed by atoms with Crippen LogP contribution in [0.4, 0.5) is 5.69 Å². The highest BCUT2D eigenvalue weighted by Gasteiger charge is 2.18. The highest BCUT2D eigenvalue weighted by atomic mass is 35.5. The lowest BCUT2D eigenvalue weighted by Gasteiger charge is -2.09. The molecule has 2 rings (SSSR count). The number of carbonyl (C=O) groups excluding carboxylic acids is 1. The van der Waals surface area contributed by atoms with Gasteiger partial charge in [-0.2, -0.15) is 5.26 Å². The second-order valence-electron chi connectivity index (χ2n) is 4.53.